The van der Waals surface area contributed by atoms with Crippen LogP contribution in [-0.2, 0) is 14.3 Å². The van der Waals surface area contributed by atoms with Crippen LogP contribution < -0.4 is 11.1 Å². The number of carbonyl (C=O) groups excluding carboxylic acids is 1. The summed E-state index contributed by atoms with van der Waals surface area (Å²) in [5.74, 6) is 0.222. The fourth-order valence-electron chi connectivity index (χ4n) is 2.80. The zero-order chi connectivity index (χ0) is 14.4. The van der Waals surface area contributed by atoms with Crippen LogP contribution in [0.4, 0.5) is 0 Å². The molecule has 0 aromatic carbocycles. The van der Waals surface area contributed by atoms with E-state index < -0.39 is 6.04 Å². The minimum Gasteiger partial charge on any atom is -0.381 e. The molecule has 0 aromatic rings. The monoisotopic (exact) mass is 357 g/mol. The van der Waals surface area contributed by atoms with E-state index in [0.717, 1.165) is 52.4 Å². The molecule has 1 amide bonds. The molecule has 2 aliphatic heterocycles. The Balaban J connectivity index is 0.00000220. The third-order valence-electron chi connectivity index (χ3n) is 4.32. The Morgan fingerprint density at radius 1 is 1.18 bits per heavy atom. The standard InChI is InChI=1S/C14H27N3O3.2ClH/c1-11(17-4-8-20-9-5-17)10-16-14(18)13(15)12-2-6-19-7-3-12;;/h11-13H,2-10,15H2,1H3,(H,16,18);2*1H. The lowest BCUT2D eigenvalue weighted by Crippen LogP contribution is -2.52. The Morgan fingerprint density at radius 3 is 2.32 bits per heavy atom. The second-order valence-electron chi connectivity index (χ2n) is 5.72. The van der Waals surface area contributed by atoms with E-state index in [1.165, 1.54) is 0 Å². The van der Waals surface area contributed by atoms with Gasteiger partial charge in [-0.25, -0.2) is 0 Å². The van der Waals surface area contributed by atoms with Crippen LogP contribution in [0.5, 0.6) is 0 Å². The van der Waals surface area contributed by atoms with Gasteiger partial charge >= 0.3 is 0 Å². The van der Waals surface area contributed by atoms with Gasteiger partial charge in [-0.3, -0.25) is 9.69 Å². The number of nitrogens with one attached hydrogen (secondary N) is 1. The highest BCUT2D eigenvalue weighted by Gasteiger charge is 2.27. The van der Waals surface area contributed by atoms with Gasteiger partial charge in [0.25, 0.3) is 0 Å². The van der Waals surface area contributed by atoms with E-state index in [-0.39, 0.29) is 36.6 Å². The first-order valence-electron chi connectivity index (χ1n) is 7.61. The number of morpholine rings is 1. The molecule has 0 aliphatic carbocycles. The smallest absolute Gasteiger partial charge is 0.237 e. The number of halogens is 2. The van der Waals surface area contributed by atoms with Crippen molar-refractivity contribution in [1.29, 1.82) is 0 Å². The first kappa shape index (κ1) is 21.9. The maximum absolute atomic E-state index is 12.1. The van der Waals surface area contributed by atoms with Crippen LogP contribution in [0.2, 0.25) is 0 Å². The van der Waals surface area contributed by atoms with Crippen molar-refractivity contribution < 1.29 is 14.3 Å². The molecule has 2 aliphatic rings. The van der Waals surface area contributed by atoms with E-state index in [4.69, 9.17) is 15.2 Å². The number of ether oxygens (including phenoxy) is 2. The highest BCUT2D eigenvalue weighted by atomic mass is 35.5. The molecule has 8 heteroatoms. The lowest BCUT2D eigenvalue weighted by molar-refractivity contribution is -0.124. The van der Waals surface area contributed by atoms with E-state index in [0.29, 0.717) is 12.6 Å². The summed E-state index contributed by atoms with van der Waals surface area (Å²) in [5.41, 5.74) is 6.06. The fraction of sp³-hybridized carbons (Fsp3) is 0.929. The van der Waals surface area contributed by atoms with Crippen molar-refractivity contribution in [1.82, 2.24) is 10.2 Å². The Kier molecular flexibility index (Phi) is 11.4. The molecule has 6 nitrogen and oxygen atoms in total. The van der Waals surface area contributed by atoms with Crippen molar-refractivity contribution in [3.8, 4) is 0 Å². The number of nitrogens with two attached hydrogens (primary N) is 1. The maximum atomic E-state index is 12.1. The van der Waals surface area contributed by atoms with Crippen LogP contribution in [0.3, 0.4) is 0 Å². The number of amides is 1. The van der Waals surface area contributed by atoms with Crippen LogP contribution in [0.15, 0.2) is 0 Å². The lowest BCUT2D eigenvalue weighted by Gasteiger charge is -2.33. The van der Waals surface area contributed by atoms with E-state index in [1.807, 2.05) is 0 Å². The molecular formula is C14H29Cl2N3O3. The molecule has 0 aromatic heterocycles. The molecule has 2 fully saturated rings. The number of hydrogen-bond donors (Lipinski definition) is 2. The molecule has 0 bridgehead atoms. The lowest BCUT2D eigenvalue weighted by atomic mass is 9.92. The van der Waals surface area contributed by atoms with Gasteiger partial charge in [-0.15, -0.1) is 24.8 Å². The quantitative estimate of drug-likeness (QED) is 0.745. The second kappa shape index (κ2) is 11.4. The molecule has 0 spiro atoms. The summed E-state index contributed by atoms with van der Waals surface area (Å²) in [5, 5.41) is 2.99. The highest BCUT2D eigenvalue weighted by molar-refractivity contribution is 5.85. The Labute approximate surface area is 145 Å². The van der Waals surface area contributed by atoms with E-state index in [1.54, 1.807) is 0 Å². The second-order valence-corrected chi connectivity index (χ2v) is 5.72. The van der Waals surface area contributed by atoms with Gasteiger partial charge in [0.2, 0.25) is 5.91 Å². The highest BCUT2D eigenvalue weighted by Crippen LogP contribution is 2.17. The van der Waals surface area contributed by atoms with Crippen LogP contribution >= 0.6 is 24.8 Å². The zero-order valence-corrected chi connectivity index (χ0v) is 14.8. The molecule has 2 saturated heterocycles. The summed E-state index contributed by atoms with van der Waals surface area (Å²) in [6.45, 7) is 7.64. The van der Waals surface area contributed by atoms with Crippen LogP contribution in [-0.4, -0.2) is 69.0 Å². The Hall–Kier alpha value is -0.110. The molecule has 2 rings (SSSR count). The maximum Gasteiger partial charge on any atom is 0.237 e. The Morgan fingerprint density at radius 2 is 1.73 bits per heavy atom. The van der Waals surface area contributed by atoms with Gasteiger partial charge in [0.1, 0.15) is 0 Å². The van der Waals surface area contributed by atoms with Crippen molar-refractivity contribution in [3.05, 3.63) is 0 Å². The summed E-state index contributed by atoms with van der Waals surface area (Å²) in [4.78, 5) is 14.4. The van der Waals surface area contributed by atoms with E-state index in [9.17, 15) is 4.79 Å². The van der Waals surface area contributed by atoms with Gasteiger partial charge in [-0.1, -0.05) is 0 Å². The van der Waals surface area contributed by atoms with Crippen molar-refractivity contribution in [3.63, 3.8) is 0 Å². The van der Waals surface area contributed by atoms with E-state index in [2.05, 4.69) is 17.1 Å². The van der Waals surface area contributed by atoms with Crippen molar-refractivity contribution >= 4 is 30.7 Å². The average Bonchev–Trinajstić information content (AvgIpc) is 2.53. The molecule has 2 atom stereocenters. The van der Waals surface area contributed by atoms with Crippen LogP contribution in [0.1, 0.15) is 19.8 Å². The largest absolute Gasteiger partial charge is 0.381 e. The van der Waals surface area contributed by atoms with Crippen LogP contribution in [0.25, 0.3) is 0 Å². The molecule has 0 saturated carbocycles. The van der Waals surface area contributed by atoms with Gasteiger partial charge < -0.3 is 20.5 Å². The summed E-state index contributed by atoms with van der Waals surface area (Å²) < 4.78 is 10.6. The van der Waals surface area contributed by atoms with Gasteiger partial charge in [0, 0.05) is 38.9 Å². The van der Waals surface area contributed by atoms with Crippen molar-refractivity contribution in [2.45, 2.75) is 31.8 Å². The topological polar surface area (TPSA) is 76.8 Å². The third-order valence-corrected chi connectivity index (χ3v) is 4.32. The molecule has 132 valence electrons. The first-order valence-corrected chi connectivity index (χ1v) is 7.61. The molecule has 0 radical (unpaired) electrons. The van der Waals surface area contributed by atoms with Crippen molar-refractivity contribution in [2.75, 3.05) is 46.1 Å². The van der Waals surface area contributed by atoms with Crippen LogP contribution in [0, 0.1) is 5.92 Å². The Bertz CT molecular complexity index is 312. The zero-order valence-electron chi connectivity index (χ0n) is 13.2. The van der Waals surface area contributed by atoms with Gasteiger partial charge in [0.05, 0.1) is 19.3 Å². The van der Waals surface area contributed by atoms with Gasteiger partial charge in [-0.2, -0.15) is 0 Å². The number of carbonyl (C=O) groups is 1. The normalized spacial score (nSPS) is 22.8. The SMILES string of the molecule is CC(CNC(=O)C(N)C1CCOCC1)N1CCOCC1.Cl.Cl. The minimum atomic E-state index is -0.407. The predicted octanol–water partition coefficient (Wildman–Crippen LogP) is 0.421. The number of nitrogens with zero attached hydrogens (tertiary/aromatic N) is 1. The third kappa shape index (κ3) is 6.56. The average molecular weight is 358 g/mol. The molecule has 2 unspecified atom stereocenters. The molecule has 2 heterocycles. The summed E-state index contributed by atoms with van der Waals surface area (Å²) in [6.07, 6.45) is 1.77. The molecular weight excluding hydrogens is 329 g/mol. The molecule has 3 N–H and O–H groups in total. The fourth-order valence-corrected chi connectivity index (χ4v) is 2.80. The van der Waals surface area contributed by atoms with Crippen molar-refractivity contribution in [2.24, 2.45) is 11.7 Å². The summed E-state index contributed by atoms with van der Waals surface area (Å²) >= 11 is 0. The molecule has 22 heavy (non-hydrogen) atoms. The van der Waals surface area contributed by atoms with Gasteiger partial charge in [0.15, 0.2) is 0 Å². The summed E-state index contributed by atoms with van der Waals surface area (Å²) in [7, 11) is 0. The van der Waals surface area contributed by atoms with Gasteiger partial charge in [-0.05, 0) is 25.7 Å². The first-order chi connectivity index (χ1) is 9.68. The minimum absolute atomic E-state index is 0. The summed E-state index contributed by atoms with van der Waals surface area (Å²) in [6, 6.07) is -0.0828. The van der Waals surface area contributed by atoms with E-state index >= 15 is 0 Å². The predicted molar refractivity (Wildman–Crippen MR) is 90.9 cm³/mol. The number of rotatable bonds is 5. The number of hydrogen-bond acceptors (Lipinski definition) is 5.